The molecule has 2 heterocycles. The SMILES string of the molecule is COc1cc2c(cc1-c1ccc3c(N)cnnc3c1)B(O)OCC2.O=C(O)C(F)(F)F. The van der Waals surface area contributed by atoms with Gasteiger partial charge in [0.25, 0.3) is 0 Å². The van der Waals surface area contributed by atoms with Crippen molar-refractivity contribution in [1.82, 2.24) is 10.2 Å². The molecule has 3 aromatic rings. The summed E-state index contributed by atoms with van der Waals surface area (Å²) < 4.78 is 42.6. The zero-order valence-electron chi connectivity index (χ0n) is 16.2. The van der Waals surface area contributed by atoms with Crippen LogP contribution in [0.25, 0.3) is 22.0 Å². The third-order valence-corrected chi connectivity index (χ3v) is 4.60. The van der Waals surface area contributed by atoms with E-state index in [9.17, 15) is 18.2 Å². The molecular weight excluding hydrogens is 418 g/mol. The molecule has 0 fully saturated rings. The summed E-state index contributed by atoms with van der Waals surface area (Å²) in [7, 11) is 0.731. The van der Waals surface area contributed by atoms with Gasteiger partial charge < -0.3 is 25.3 Å². The number of alkyl halides is 3. The highest BCUT2D eigenvalue weighted by molar-refractivity contribution is 6.61. The van der Waals surface area contributed by atoms with Crippen molar-refractivity contribution in [3.63, 3.8) is 0 Å². The summed E-state index contributed by atoms with van der Waals surface area (Å²) in [5, 5.41) is 26.1. The minimum Gasteiger partial charge on any atom is -0.496 e. The van der Waals surface area contributed by atoms with Gasteiger partial charge in [0, 0.05) is 17.6 Å². The molecule has 2 aromatic carbocycles. The molecule has 0 atom stereocenters. The molecule has 31 heavy (non-hydrogen) atoms. The van der Waals surface area contributed by atoms with Gasteiger partial charge in [-0.1, -0.05) is 12.1 Å². The number of ether oxygens (including phenoxy) is 1. The van der Waals surface area contributed by atoms with Crippen molar-refractivity contribution < 1.29 is 37.5 Å². The minimum atomic E-state index is -5.08. The van der Waals surface area contributed by atoms with Gasteiger partial charge in [0.05, 0.1) is 24.5 Å². The normalized spacial score (nSPS) is 13.3. The molecule has 0 radical (unpaired) electrons. The minimum absolute atomic E-state index is 0.501. The fraction of sp³-hybridized carbons (Fsp3) is 0.211. The average molecular weight is 435 g/mol. The largest absolute Gasteiger partial charge is 0.496 e. The van der Waals surface area contributed by atoms with E-state index in [1.807, 2.05) is 30.3 Å². The van der Waals surface area contributed by atoms with E-state index in [0.29, 0.717) is 17.8 Å². The Morgan fingerprint density at radius 2 is 2.00 bits per heavy atom. The van der Waals surface area contributed by atoms with Crippen molar-refractivity contribution in [3.8, 4) is 16.9 Å². The molecule has 0 aliphatic carbocycles. The molecule has 0 saturated carbocycles. The van der Waals surface area contributed by atoms with Crippen molar-refractivity contribution in [1.29, 1.82) is 0 Å². The summed E-state index contributed by atoms with van der Waals surface area (Å²) in [6, 6.07) is 9.67. The van der Waals surface area contributed by atoms with Crippen molar-refractivity contribution in [2.45, 2.75) is 12.6 Å². The summed E-state index contributed by atoms with van der Waals surface area (Å²) in [4.78, 5) is 8.90. The third kappa shape index (κ3) is 4.86. The van der Waals surface area contributed by atoms with E-state index < -0.39 is 19.3 Å². The number of rotatable bonds is 2. The van der Waals surface area contributed by atoms with Crippen LogP contribution in [0.15, 0.2) is 36.5 Å². The molecule has 0 amide bonds. The molecule has 0 spiro atoms. The second-order valence-corrected chi connectivity index (χ2v) is 6.56. The number of nitrogens with zero attached hydrogens (tertiary/aromatic N) is 2. The Labute approximate surface area is 174 Å². The number of aliphatic carboxylic acids is 1. The lowest BCUT2D eigenvalue weighted by atomic mass is 9.72. The first kappa shape index (κ1) is 22.3. The molecule has 8 nitrogen and oxygen atoms in total. The van der Waals surface area contributed by atoms with Crippen molar-refractivity contribution in [3.05, 3.63) is 42.1 Å². The van der Waals surface area contributed by atoms with Gasteiger partial charge in [0.15, 0.2) is 0 Å². The number of nitrogen functional groups attached to an aromatic ring is 1. The molecule has 4 rings (SSSR count). The Kier molecular flexibility index (Phi) is 6.32. The Balaban J connectivity index is 0.000000339. The fourth-order valence-electron chi connectivity index (χ4n) is 3.10. The van der Waals surface area contributed by atoms with Crippen LogP contribution in [0.2, 0.25) is 0 Å². The summed E-state index contributed by atoms with van der Waals surface area (Å²) >= 11 is 0. The molecular formula is C19H17BF3N3O5. The summed E-state index contributed by atoms with van der Waals surface area (Å²) in [6.07, 6.45) is -2.79. The Morgan fingerprint density at radius 1 is 1.29 bits per heavy atom. The van der Waals surface area contributed by atoms with Gasteiger partial charge in [-0.25, -0.2) is 4.79 Å². The van der Waals surface area contributed by atoms with Gasteiger partial charge in [-0.3, -0.25) is 0 Å². The molecule has 1 aliphatic heterocycles. The van der Waals surface area contributed by atoms with E-state index in [1.54, 1.807) is 7.11 Å². The van der Waals surface area contributed by atoms with Gasteiger partial charge in [0.2, 0.25) is 0 Å². The second kappa shape index (κ2) is 8.78. The van der Waals surface area contributed by atoms with E-state index in [4.69, 9.17) is 25.0 Å². The number of halogens is 3. The van der Waals surface area contributed by atoms with Gasteiger partial charge in [-0.15, -0.1) is 0 Å². The van der Waals surface area contributed by atoms with Crippen LogP contribution in [-0.2, 0) is 15.9 Å². The first-order chi connectivity index (χ1) is 14.6. The molecule has 4 N–H and O–H groups in total. The summed E-state index contributed by atoms with van der Waals surface area (Å²) in [5.74, 6) is -2.01. The quantitative estimate of drug-likeness (QED) is 0.520. The van der Waals surface area contributed by atoms with E-state index >= 15 is 0 Å². The van der Waals surface area contributed by atoms with Gasteiger partial charge in [-0.05, 0) is 41.2 Å². The number of aromatic nitrogens is 2. The Morgan fingerprint density at radius 3 is 2.65 bits per heavy atom. The van der Waals surface area contributed by atoms with Crippen LogP contribution in [0.1, 0.15) is 5.56 Å². The highest BCUT2D eigenvalue weighted by Gasteiger charge is 2.38. The number of fused-ring (bicyclic) bond motifs is 2. The Hall–Kier alpha value is -3.38. The lowest BCUT2D eigenvalue weighted by Crippen LogP contribution is -2.41. The van der Waals surface area contributed by atoms with Crippen LogP contribution >= 0.6 is 0 Å². The van der Waals surface area contributed by atoms with Crippen molar-refractivity contribution in [2.24, 2.45) is 0 Å². The number of nitrogens with two attached hydrogens (primary N) is 1. The van der Waals surface area contributed by atoms with E-state index in [-0.39, 0.29) is 0 Å². The lowest BCUT2D eigenvalue weighted by molar-refractivity contribution is -0.192. The number of carbonyl (C=O) groups is 1. The highest BCUT2D eigenvalue weighted by Crippen LogP contribution is 2.33. The summed E-state index contributed by atoms with van der Waals surface area (Å²) in [6.45, 7) is 0.501. The maximum Gasteiger partial charge on any atom is 0.491 e. The third-order valence-electron chi connectivity index (χ3n) is 4.60. The fourth-order valence-corrected chi connectivity index (χ4v) is 3.10. The maximum absolute atomic E-state index is 10.6. The second-order valence-electron chi connectivity index (χ2n) is 6.56. The van der Waals surface area contributed by atoms with E-state index in [1.165, 1.54) is 6.20 Å². The summed E-state index contributed by atoms with van der Waals surface area (Å²) in [5.41, 5.74) is 10.8. The first-order valence-electron chi connectivity index (χ1n) is 8.93. The van der Waals surface area contributed by atoms with Crippen LogP contribution in [0.3, 0.4) is 0 Å². The van der Waals surface area contributed by atoms with Crippen LogP contribution in [-0.4, -0.2) is 53.3 Å². The number of hydrogen-bond donors (Lipinski definition) is 3. The van der Waals surface area contributed by atoms with Gasteiger partial charge >= 0.3 is 19.3 Å². The highest BCUT2D eigenvalue weighted by atomic mass is 19.4. The first-order valence-corrected chi connectivity index (χ1v) is 8.93. The average Bonchev–Trinajstić information content (AvgIpc) is 2.73. The smallest absolute Gasteiger partial charge is 0.491 e. The van der Waals surface area contributed by atoms with Crippen LogP contribution < -0.4 is 15.9 Å². The van der Waals surface area contributed by atoms with Gasteiger partial charge in [0.1, 0.15) is 5.75 Å². The molecule has 0 saturated heterocycles. The van der Waals surface area contributed by atoms with Crippen molar-refractivity contribution >= 4 is 35.1 Å². The Bertz CT molecular complexity index is 1130. The van der Waals surface area contributed by atoms with Crippen LogP contribution in [0.5, 0.6) is 5.75 Å². The molecule has 0 bridgehead atoms. The van der Waals surface area contributed by atoms with Gasteiger partial charge in [-0.2, -0.15) is 23.4 Å². The molecule has 1 aliphatic rings. The zero-order valence-corrected chi connectivity index (χ0v) is 16.2. The molecule has 162 valence electrons. The van der Waals surface area contributed by atoms with Crippen LogP contribution in [0.4, 0.5) is 18.9 Å². The zero-order chi connectivity index (χ0) is 22.8. The number of hydrogen-bond acceptors (Lipinski definition) is 7. The predicted molar refractivity (Wildman–Crippen MR) is 107 cm³/mol. The number of methoxy groups -OCH3 is 1. The number of carboxylic acid groups (broad SMARTS) is 1. The number of anilines is 1. The standard InChI is InChI=1S/C17H16BN3O3.C2HF3O2/c1-23-17-7-11-4-5-24-18(22)14(11)8-13(17)10-2-3-12-15(19)9-20-21-16(12)6-10;3-2(4,5)1(6)7/h2-3,6-9,22H,4-5H2,1H3,(H2,19,21);(H,6,7). The van der Waals surface area contributed by atoms with Crippen LogP contribution in [0, 0.1) is 0 Å². The maximum atomic E-state index is 10.6. The lowest BCUT2D eigenvalue weighted by Gasteiger charge is -2.21. The topological polar surface area (TPSA) is 128 Å². The molecule has 1 aromatic heterocycles. The predicted octanol–water partition coefficient (Wildman–Crippen LogP) is 1.78. The molecule has 0 unspecified atom stereocenters. The molecule has 12 heteroatoms. The van der Waals surface area contributed by atoms with E-state index in [0.717, 1.165) is 39.7 Å². The van der Waals surface area contributed by atoms with Crippen molar-refractivity contribution in [2.75, 3.05) is 19.5 Å². The number of carboxylic acids is 1. The number of benzene rings is 2. The monoisotopic (exact) mass is 435 g/mol. The van der Waals surface area contributed by atoms with E-state index in [2.05, 4.69) is 10.2 Å².